The van der Waals surface area contributed by atoms with Crippen molar-refractivity contribution >= 4 is 12.2 Å². The molecule has 3 rings (SSSR count). The fourth-order valence-corrected chi connectivity index (χ4v) is 1.68. The van der Waals surface area contributed by atoms with Crippen molar-refractivity contribution in [2.45, 2.75) is 0 Å². The smallest absolute Gasteiger partial charge is 0.214 e. The maximum absolute atomic E-state index is 8.64. The maximum Gasteiger partial charge on any atom is 2.00 e. The molecule has 0 fully saturated rings. The number of nitrogens with zero attached hydrogens (tertiary/aromatic N) is 1. The van der Waals surface area contributed by atoms with Crippen molar-refractivity contribution < 1.29 is 17.1 Å². The first-order valence-corrected chi connectivity index (χ1v) is 6.45. The van der Waals surface area contributed by atoms with Crippen molar-refractivity contribution in [2.75, 3.05) is 0 Å². The van der Waals surface area contributed by atoms with Crippen LogP contribution in [0.25, 0.3) is 12.2 Å². The standard InChI is InChI=1S/C14H10N.C5H5.Fe/c15-11-14-9-7-13(8-10-14)6-5-12-3-1-2-4-12;1-2-4-5-3-1;/h1-10H;1-5H;/q2*-1;+2/b6-5+;;. The Hall–Kier alpha value is -2.33. The number of hydrogen-bond donors (Lipinski definition) is 0. The second kappa shape index (κ2) is 9.55. The van der Waals surface area contributed by atoms with Crippen molar-refractivity contribution in [3.05, 3.63) is 95.6 Å². The van der Waals surface area contributed by atoms with Crippen LogP contribution >= 0.6 is 0 Å². The summed E-state index contributed by atoms with van der Waals surface area (Å²) in [6.45, 7) is 0. The molecule has 0 radical (unpaired) electrons. The second-order valence-corrected chi connectivity index (χ2v) is 4.25. The molecule has 0 aliphatic rings. The molecule has 0 aliphatic carbocycles. The minimum atomic E-state index is 0. The Morgan fingerprint density at radius 1 is 0.952 bits per heavy atom. The molecule has 2 heteroatoms. The van der Waals surface area contributed by atoms with E-state index in [1.807, 2.05) is 72.8 Å². The molecule has 0 saturated heterocycles. The molecule has 0 N–H and O–H groups in total. The number of benzene rings is 1. The van der Waals surface area contributed by atoms with Gasteiger partial charge in [0.15, 0.2) is 0 Å². The molecule has 104 valence electrons. The van der Waals surface area contributed by atoms with Gasteiger partial charge < -0.3 is 0 Å². The summed E-state index contributed by atoms with van der Waals surface area (Å²) in [5, 5.41) is 8.64. The van der Waals surface area contributed by atoms with Crippen LogP contribution in [0.2, 0.25) is 0 Å². The van der Waals surface area contributed by atoms with Gasteiger partial charge in [0.05, 0.1) is 11.6 Å². The predicted molar refractivity (Wildman–Crippen MR) is 84.2 cm³/mol. The molecule has 0 bridgehead atoms. The Labute approximate surface area is 136 Å². The third kappa shape index (κ3) is 6.10. The summed E-state index contributed by atoms with van der Waals surface area (Å²) < 4.78 is 0. The van der Waals surface area contributed by atoms with Gasteiger partial charge in [0.25, 0.3) is 0 Å². The van der Waals surface area contributed by atoms with Gasteiger partial charge in [-0.05, 0) is 12.1 Å². The minimum absolute atomic E-state index is 0. The van der Waals surface area contributed by atoms with Gasteiger partial charge in [0.1, 0.15) is 0 Å². The number of nitriles is 1. The first-order valence-electron chi connectivity index (χ1n) is 6.45. The quantitative estimate of drug-likeness (QED) is 0.490. The van der Waals surface area contributed by atoms with Gasteiger partial charge in [-0.25, -0.2) is 12.1 Å². The van der Waals surface area contributed by atoms with Gasteiger partial charge in [-0.15, -0.1) is 29.8 Å². The Bertz CT molecular complexity index is 636. The van der Waals surface area contributed by atoms with E-state index in [4.69, 9.17) is 5.26 Å². The largest absolute Gasteiger partial charge is 2.00 e. The second-order valence-electron chi connectivity index (χ2n) is 4.25. The van der Waals surface area contributed by atoms with Gasteiger partial charge in [0.2, 0.25) is 0 Å². The van der Waals surface area contributed by atoms with Crippen LogP contribution in [0, 0.1) is 11.3 Å². The zero-order valence-electron chi connectivity index (χ0n) is 11.5. The van der Waals surface area contributed by atoms with Gasteiger partial charge in [0, 0.05) is 0 Å². The van der Waals surface area contributed by atoms with Crippen molar-refractivity contribution in [3.63, 3.8) is 0 Å². The van der Waals surface area contributed by atoms with Crippen molar-refractivity contribution in [1.29, 1.82) is 5.26 Å². The average molecular weight is 313 g/mol. The fourth-order valence-electron chi connectivity index (χ4n) is 1.68. The molecule has 0 unspecified atom stereocenters. The third-order valence-electron chi connectivity index (χ3n) is 2.75. The van der Waals surface area contributed by atoms with Crippen molar-refractivity contribution in [3.8, 4) is 6.07 Å². The molecule has 0 aliphatic heterocycles. The molecular weight excluding hydrogens is 298 g/mol. The van der Waals surface area contributed by atoms with E-state index in [9.17, 15) is 0 Å². The van der Waals surface area contributed by atoms with Crippen molar-refractivity contribution in [2.24, 2.45) is 0 Å². The summed E-state index contributed by atoms with van der Waals surface area (Å²) in [6, 6.07) is 27.8. The molecule has 21 heavy (non-hydrogen) atoms. The Morgan fingerprint density at radius 3 is 2.05 bits per heavy atom. The summed E-state index contributed by atoms with van der Waals surface area (Å²) in [5.74, 6) is 0. The monoisotopic (exact) mass is 313 g/mol. The van der Waals surface area contributed by atoms with E-state index in [1.54, 1.807) is 0 Å². The normalized spacial score (nSPS) is 9.29. The molecular formula is C19H15FeN. The first-order chi connectivity index (χ1) is 9.88. The molecule has 0 heterocycles. The van der Waals surface area contributed by atoms with Gasteiger partial charge in [-0.2, -0.15) is 35.6 Å². The summed E-state index contributed by atoms with van der Waals surface area (Å²) >= 11 is 0. The molecule has 3 aromatic rings. The maximum atomic E-state index is 8.64. The Kier molecular flexibility index (Phi) is 7.61. The average Bonchev–Trinajstić information content (AvgIpc) is 3.21. The van der Waals surface area contributed by atoms with E-state index < -0.39 is 0 Å². The van der Waals surface area contributed by atoms with E-state index in [1.165, 1.54) is 5.56 Å². The van der Waals surface area contributed by atoms with Crippen LogP contribution in [-0.4, -0.2) is 0 Å². The van der Waals surface area contributed by atoms with E-state index >= 15 is 0 Å². The third-order valence-corrected chi connectivity index (χ3v) is 2.75. The van der Waals surface area contributed by atoms with E-state index in [0.717, 1.165) is 5.56 Å². The Morgan fingerprint density at radius 2 is 1.57 bits per heavy atom. The first kappa shape index (κ1) is 16.7. The zero-order chi connectivity index (χ0) is 14.0. The summed E-state index contributed by atoms with van der Waals surface area (Å²) in [6.07, 6.45) is 4.10. The van der Waals surface area contributed by atoms with Crippen LogP contribution in [0.15, 0.2) is 78.9 Å². The summed E-state index contributed by atoms with van der Waals surface area (Å²) in [5.41, 5.74) is 3.00. The molecule has 1 nitrogen and oxygen atoms in total. The topological polar surface area (TPSA) is 23.8 Å². The van der Waals surface area contributed by atoms with Crippen LogP contribution in [0.3, 0.4) is 0 Å². The molecule has 0 spiro atoms. The molecule has 0 saturated carbocycles. The fraction of sp³-hybridized carbons (Fsp3) is 0. The van der Waals surface area contributed by atoms with Gasteiger partial charge >= 0.3 is 17.1 Å². The summed E-state index contributed by atoms with van der Waals surface area (Å²) in [7, 11) is 0. The van der Waals surface area contributed by atoms with Crippen LogP contribution in [0.4, 0.5) is 0 Å². The zero-order valence-corrected chi connectivity index (χ0v) is 12.6. The van der Waals surface area contributed by atoms with E-state index in [2.05, 4.69) is 24.3 Å². The van der Waals surface area contributed by atoms with Crippen molar-refractivity contribution in [1.82, 2.24) is 0 Å². The molecule has 0 atom stereocenters. The van der Waals surface area contributed by atoms with E-state index in [0.29, 0.717) is 5.56 Å². The minimum Gasteiger partial charge on any atom is -0.214 e. The Balaban J connectivity index is 0.000000313. The van der Waals surface area contributed by atoms with Crippen LogP contribution in [0.1, 0.15) is 16.7 Å². The molecule has 0 aromatic heterocycles. The number of hydrogen-bond acceptors (Lipinski definition) is 1. The molecule has 0 amide bonds. The van der Waals surface area contributed by atoms with E-state index in [-0.39, 0.29) is 17.1 Å². The van der Waals surface area contributed by atoms with Crippen LogP contribution in [-0.2, 0) is 17.1 Å². The van der Waals surface area contributed by atoms with Gasteiger partial charge in [-0.1, -0.05) is 17.7 Å². The SMILES string of the molecule is N#Cc1ccc(/C=C/[c-]2cccc2)cc1.[Fe+2].c1cc[cH-]c1. The van der Waals surface area contributed by atoms with Gasteiger partial charge in [-0.3, -0.25) is 0 Å². The number of rotatable bonds is 2. The van der Waals surface area contributed by atoms with Crippen LogP contribution < -0.4 is 0 Å². The molecule has 3 aromatic carbocycles. The van der Waals surface area contributed by atoms with Crippen LogP contribution in [0.5, 0.6) is 0 Å². The predicted octanol–water partition coefficient (Wildman–Crippen LogP) is 4.85. The summed E-state index contributed by atoms with van der Waals surface area (Å²) in [4.78, 5) is 0.